The Balaban J connectivity index is 1.60. The lowest BCUT2D eigenvalue weighted by Crippen LogP contribution is -2.45. The van der Waals surface area contributed by atoms with Gasteiger partial charge in [-0.3, -0.25) is 9.78 Å². The summed E-state index contributed by atoms with van der Waals surface area (Å²) in [5.74, 6) is 0.159. The van der Waals surface area contributed by atoms with Gasteiger partial charge in [-0.2, -0.15) is 13.2 Å². The number of pyridine rings is 1. The van der Waals surface area contributed by atoms with Crippen LogP contribution >= 0.6 is 11.6 Å². The average Bonchev–Trinajstić information content (AvgIpc) is 2.89. The summed E-state index contributed by atoms with van der Waals surface area (Å²) in [6.07, 6.45) is -1.27. The normalized spacial score (nSPS) is 15.3. The summed E-state index contributed by atoms with van der Waals surface area (Å²) in [5.41, 5.74) is 0.821. The van der Waals surface area contributed by atoms with Gasteiger partial charge >= 0.3 is 6.18 Å². The highest BCUT2D eigenvalue weighted by Crippen LogP contribution is 2.32. The summed E-state index contributed by atoms with van der Waals surface area (Å²) in [6, 6.07) is 16.9. The van der Waals surface area contributed by atoms with Crippen molar-refractivity contribution in [2.75, 3.05) is 26.2 Å². The molecule has 0 bridgehead atoms. The van der Waals surface area contributed by atoms with E-state index in [-0.39, 0.29) is 25.0 Å². The van der Waals surface area contributed by atoms with Gasteiger partial charge in [0, 0.05) is 17.1 Å². The molecular formula is C27H27ClF3N3O2. The van der Waals surface area contributed by atoms with Crippen LogP contribution in [0.4, 0.5) is 13.2 Å². The zero-order chi connectivity index (χ0) is 25.5. The highest BCUT2D eigenvalue weighted by molar-refractivity contribution is 6.30. The monoisotopic (exact) mass is 517 g/mol. The molecule has 4 rings (SSSR count). The largest absolute Gasteiger partial charge is 0.492 e. The van der Waals surface area contributed by atoms with Gasteiger partial charge in [0.2, 0.25) is 5.91 Å². The molecule has 0 aliphatic carbocycles. The first kappa shape index (κ1) is 26.0. The second-order valence-electron chi connectivity index (χ2n) is 8.64. The number of nitrogens with zero attached hydrogens (tertiary/aromatic N) is 2. The summed E-state index contributed by atoms with van der Waals surface area (Å²) < 4.78 is 44.4. The first-order chi connectivity index (χ1) is 17.3. The summed E-state index contributed by atoms with van der Waals surface area (Å²) in [6.45, 7) is 1.87. The number of hydrogen-bond acceptors (Lipinski definition) is 4. The van der Waals surface area contributed by atoms with Gasteiger partial charge in [0.15, 0.2) is 0 Å². The Kier molecular flexibility index (Phi) is 8.48. The molecule has 9 heteroatoms. The molecule has 1 saturated heterocycles. The van der Waals surface area contributed by atoms with Crippen molar-refractivity contribution in [1.29, 1.82) is 0 Å². The minimum atomic E-state index is -4.41. The molecule has 1 aliphatic rings. The fourth-order valence-corrected chi connectivity index (χ4v) is 4.49. The summed E-state index contributed by atoms with van der Waals surface area (Å²) in [5, 5.41) is 3.87. The maximum absolute atomic E-state index is 13.8. The maximum atomic E-state index is 13.8. The molecule has 1 aliphatic heterocycles. The molecule has 1 amide bonds. The van der Waals surface area contributed by atoms with Crippen LogP contribution in [0.15, 0.2) is 72.9 Å². The second kappa shape index (κ2) is 11.8. The number of ether oxygens (including phenoxy) is 1. The number of halogens is 4. The zero-order valence-corrected chi connectivity index (χ0v) is 20.3. The minimum absolute atomic E-state index is 0.00174. The second-order valence-corrected chi connectivity index (χ2v) is 9.07. The van der Waals surface area contributed by atoms with E-state index in [9.17, 15) is 18.0 Å². The first-order valence-corrected chi connectivity index (χ1v) is 12.2. The predicted molar refractivity (Wildman–Crippen MR) is 132 cm³/mol. The Bertz CT molecular complexity index is 1120. The first-order valence-electron chi connectivity index (χ1n) is 11.8. The van der Waals surface area contributed by atoms with Crippen LogP contribution in [-0.4, -0.2) is 42.0 Å². The van der Waals surface area contributed by atoms with E-state index in [0.29, 0.717) is 16.5 Å². The minimum Gasteiger partial charge on any atom is -0.492 e. The average molecular weight is 518 g/mol. The number of rotatable bonds is 8. The standard InChI is InChI=1S/C27H27ClF3N3O2/c28-22-8-4-19(5-9-22)25(24-3-1-2-14-33-24)34(26(35)20-12-15-32-16-13-20)17-18-36-23-10-6-21(7-11-23)27(29,30)31/h1-11,14,20,25,32H,12-13,15-18H2/t25-/m0/s1. The molecule has 190 valence electrons. The quantitative estimate of drug-likeness (QED) is 0.413. The zero-order valence-electron chi connectivity index (χ0n) is 19.5. The van der Waals surface area contributed by atoms with Crippen molar-refractivity contribution in [2.24, 2.45) is 5.92 Å². The van der Waals surface area contributed by atoms with Gasteiger partial charge in [-0.15, -0.1) is 0 Å². The highest BCUT2D eigenvalue weighted by Gasteiger charge is 2.33. The van der Waals surface area contributed by atoms with Crippen LogP contribution in [-0.2, 0) is 11.0 Å². The number of amides is 1. The molecule has 3 aromatic rings. The Morgan fingerprint density at radius 1 is 1.06 bits per heavy atom. The van der Waals surface area contributed by atoms with Gasteiger partial charge in [0.05, 0.1) is 23.8 Å². The lowest BCUT2D eigenvalue weighted by molar-refractivity contribution is -0.139. The molecule has 0 unspecified atom stereocenters. The molecule has 2 aromatic carbocycles. The van der Waals surface area contributed by atoms with Gasteiger partial charge < -0.3 is 15.0 Å². The molecular weight excluding hydrogens is 491 g/mol. The van der Waals surface area contributed by atoms with E-state index < -0.39 is 17.8 Å². The molecule has 36 heavy (non-hydrogen) atoms. The molecule has 0 saturated carbocycles. The summed E-state index contributed by atoms with van der Waals surface area (Å²) in [4.78, 5) is 20.1. The Labute approximate surface area is 213 Å². The Morgan fingerprint density at radius 3 is 2.36 bits per heavy atom. The molecule has 1 fully saturated rings. The van der Waals surface area contributed by atoms with Crippen molar-refractivity contribution in [3.63, 3.8) is 0 Å². The maximum Gasteiger partial charge on any atom is 0.416 e. The smallest absolute Gasteiger partial charge is 0.416 e. The van der Waals surface area contributed by atoms with E-state index in [4.69, 9.17) is 16.3 Å². The van der Waals surface area contributed by atoms with Gasteiger partial charge in [-0.05, 0) is 80.0 Å². The van der Waals surface area contributed by atoms with Crippen molar-refractivity contribution < 1.29 is 22.7 Å². The van der Waals surface area contributed by atoms with Crippen LogP contribution in [0.3, 0.4) is 0 Å². The van der Waals surface area contributed by atoms with Crippen LogP contribution in [0.1, 0.15) is 35.7 Å². The SMILES string of the molecule is O=C(C1CCNCC1)N(CCOc1ccc(C(F)(F)F)cc1)[C@@H](c1ccc(Cl)cc1)c1ccccn1. The number of alkyl halides is 3. The van der Waals surface area contributed by atoms with Crippen molar-refractivity contribution >= 4 is 17.5 Å². The van der Waals surface area contributed by atoms with Gasteiger partial charge in [0.1, 0.15) is 12.4 Å². The fourth-order valence-electron chi connectivity index (χ4n) is 4.37. The molecule has 0 spiro atoms. The van der Waals surface area contributed by atoms with Gasteiger partial charge in [-0.25, -0.2) is 0 Å². The van der Waals surface area contributed by atoms with E-state index in [0.717, 1.165) is 43.6 Å². The van der Waals surface area contributed by atoms with E-state index in [1.54, 1.807) is 23.2 Å². The topological polar surface area (TPSA) is 54.5 Å². The van der Waals surface area contributed by atoms with E-state index >= 15 is 0 Å². The van der Waals surface area contributed by atoms with Crippen LogP contribution in [0.2, 0.25) is 5.02 Å². The van der Waals surface area contributed by atoms with Gasteiger partial charge in [-0.1, -0.05) is 29.8 Å². The van der Waals surface area contributed by atoms with Crippen molar-refractivity contribution in [2.45, 2.75) is 25.1 Å². The Hall–Kier alpha value is -3.10. The van der Waals surface area contributed by atoms with Crippen LogP contribution in [0, 0.1) is 5.92 Å². The van der Waals surface area contributed by atoms with Crippen molar-refractivity contribution in [1.82, 2.24) is 15.2 Å². The molecule has 5 nitrogen and oxygen atoms in total. The third kappa shape index (κ3) is 6.56. The number of carbonyl (C=O) groups is 1. The fraction of sp³-hybridized carbons (Fsp3) is 0.333. The number of benzene rings is 2. The number of nitrogens with one attached hydrogen (secondary N) is 1. The van der Waals surface area contributed by atoms with Gasteiger partial charge in [0.25, 0.3) is 0 Å². The molecule has 1 N–H and O–H groups in total. The van der Waals surface area contributed by atoms with Crippen LogP contribution < -0.4 is 10.1 Å². The molecule has 1 aromatic heterocycles. The number of hydrogen-bond donors (Lipinski definition) is 1. The van der Waals surface area contributed by atoms with Crippen LogP contribution in [0.25, 0.3) is 0 Å². The lowest BCUT2D eigenvalue weighted by atomic mass is 9.93. The third-order valence-corrected chi connectivity index (χ3v) is 6.47. The third-order valence-electron chi connectivity index (χ3n) is 6.22. The highest BCUT2D eigenvalue weighted by atomic mass is 35.5. The lowest BCUT2D eigenvalue weighted by Gasteiger charge is -2.35. The number of piperidine rings is 1. The molecule has 2 heterocycles. The van der Waals surface area contributed by atoms with Crippen molar-refractivity contribution in [3.8, 4) is 5.75 Å². The van der Waals surface area contributed by atoms with E-state index in [1.807, 2.05) is 30.3 Å². The summed E-state index contributed by atoms with van der Waals surface area (Å²) >= 11 is 6.12. The molecule has 0 radical (unpaired) electrons. The van der Waals surface area contributed by atoms with E-state index in [2.05, 4.69) is 10.3 Å². The van der Waals surface area contributed by atoms with Crippen LogP contribution in [0.5, 0.6) is 5.75 Å². The van der Waals surface area contributed by atoms with Crippen molar-refractivity contribution in [3.05, 3.63) is 94.8 Å². The predicted octanol–water partition coefficient (Wildman–Crippen LogP) is 5.75. The van der Waals surface area contributed by atoms with E-state index in [1.165, 1.54) is 12.1 Å². The number of aromatic nitrogens is 1. The molecule has 1 atom stereocenters. The Morgan fingerprint density at radius 2 is 1.75 bits per heavy atom. The summed E-state index contributed by atoms with van der Waals surface area (Å²) in [7, 11) is 0. The number of carbonyl (C=O) groups excluding carboxylic acids is 1.